The maximum Gasteiger partial charge on any atom is 0.528 e. The molecule has 0 radical (unpaired) electrons. The lowest BCUT2D eigenvalue weighted by Crippen LogP contribution is -2.47. The van der Waals surface area contributed by atoms with Crippen LogP contribution in [0.2, 0.25) is 0 Å². The summed E-state index contributed by atoms with van der Waals surface area (Å²) in [4.78, 5) is 17.9. The molecule has 4 aromatic rings. The third kappa shape index (κ3) is 7.44. The molecule has 0 aliphatic carbocycles. The molecule has 1 fully saturated rings. The molecule has 0 saturated carbocycles. The zero-order valence-electron chi connectivity index (χ0n) is 23.2. The third-order valence-electron chi connectivity index (χ3n) is 6.68. The van der Waals surface area contributed by atoms with E-state index in [0.29, 0.717) is 39.3 Å². The highest BCUT2D eigenvalue weighted by Gasteiger charge is 2.35. The van der Waals surface area contributed by atoms with Gasteiger partial charge in [-0.15, -0.1) is 10.2 Å². The number of hydrogen-bond donors (Lipinski definition) is 0. The summed E-state index contributed by atoms with van der Waals surface area (Å²) in [6.45, 7) is 7.56. The number of ether oxygens (including phenoxy) is 3. The van der Waals surface area contributed by atoms with E-state index in [1.165, 1.54) is 5.39 Å². The smallest absolute Gasteiger partial charge is 0.427 e. The molecule has 0 spiro atoms. The molecule has 40 heavy (non-hydrogen) atoms. The number of aromatic nitrogens is 3. The first kappa shape index (κ1) is 27.8. The standard InChI is InChI=1S/C31H36N4O5/c1-31(2,3)39-30(36)40-34-16-15-28(35-27(18-32-33-35)22-37-20-23-9-5-4-6-10-23)29(19-34)38-21-24-13-14-25-11-7-8-12-26(25)17-24/h4-14,17-18,28-29H,15-16,19-22H2,1-3H3. The van der Waals surface area contributed by atoms with Gasteiger partial charge in [-0.05, 0) is 55.2 Å². The minimum atomic E-state index is -0.727. The van der Waals surface area contributed by atoms with E-state index >= 15 is 0 Å². The van der Waals surface area contributed by atoms with Gasteiger partial charge in [-0.25, -0.2) is 9.48 Å². The van der Waals surface area contributed by atoms with Crippen molar-refractivity contribution in [2.24, 2.45) is 0 Å². The van der Waals surface area contributed by atoms with Gasteiger partial charge in [0, 0.05) is 6.54 Å². The second-order valence-electron chi connectivity index (χ2n) is 11.0. The first-order chi connectivity index (χ1) is 19.3. The Hall–Kier alpha value is -3.79. The minimum Gasteiger partial charge on any atom is -0.427 e. The second kappa shape index (κ2) is 12.6. The molecule has 2 unspecified atom stereocenters. The number of benzene rings is 3. The van der Waals surface area contributed by atoms with Gasteiger partial charge in [0.25, 0.3) is 0 Å². The minimum absolute atomic E-state index is 0.114. The van der Waals surface area contributed by atoms with Crippen LogP contribution in [0.1, 0.15) is 50.1 Å². The fraction of sp³-hybridized carbons (Fsp3) is 0.387. The summed E-state index contributed by atoms with van der Waals surface area (Å²) in [5.41, 5.74) is 2.39. The highest BCUT2D eigenvalue weighted by molar-refractivity contribution is 5.82. The van der Waals surface area contributed by atoms with Crippen molar-refractivity contribution in [3.05, 3.63) is 95.8 Å². The maximum absolute atomic E-state index is 12.4. The van der Waals surface area contributed by atoms with Gasteiger partial charge in [0.1, 0.15) is 5.60 Å². The van der Waals surface area contributed by atoms with Crippen molar-refractivity contribution in [2.75, 3.05) is 13.1 Å². The van der Waals surface area contributed by atoms with E-state index in [-0.39, 0.29) is 12.1 Å². The van der Waals surface area contributed by atoms with Crippen molar-refractivity contribution in [2.45, 2.75) is 64.8 Å². The van der Waals surface area contributed by atoms with Crippen LogP contribution in [-0.2, 0) is 38.9 Å². The van der Waals surface area contributed by atoms with E-state index in [4.69, 9.17) is 19.0 Å². The van der Waals surface area contributed by atoms with Crippen LogP contribution in [0.3, 0.4) is 0 Å². The molecule has 1 saturated heterocycles. The molecule has 5 rings (SSSR count). The van der Waals surface area contributed by atoms with Gasteiger partial charge in [0.2, 0.25) is 0 Å². The van der Waals surface area contributed by atoms with Gasteiger partial charge in [-0.1, -0.05) is 71.9 Å². The van der Waals surface area contributed by atoms with E-state index in [1.807, 2.05) is 67.9 Å². The Morgan fingerprint density at radius 3 is 2.50 bits per heavy atom. The van der Waals surface area contributed by atoms with Crippen LogP contribution < -0.4 is 0 Å². The SMILES string of the molecule is CC(C)(C)OC(=O)ON1CCC(n2nncc2COCc2ccccc2)C(OCc2ccc3ccccc3c2)C1. The Balaban J connectivity index is 1.29. The average molecular weight is 545 g/mol. The maximum atomic E-state index is 12.4. The fourth-order valence-electron chi connectivity index (χ4n) is 4.80. The number of hydroxylamine groups is 2. The highest BCUT2D eigenvalue weighted by Crippen LogP contribution is 2.28. The molecule has 9 nitrogen and oxygen atoms in total. The summed E-state index contributed by atoms with van der Waals surface area (Å²) in [7, 11) is 0. The molecule has 0 bridgehead atoms. The van der Waals surface area contributed by atoms with Crippen LogP contribution in [0.15, 0.2) is 79.0 Å². The predicted molar refractivity (Wildman–Crippen MR) is 150 cm³/mol. The Morgan fingerprint density at radius 1 is 0.925 bits per heavy atom. The van der Waals surface area contributed by atoms with Crippen molar-refractivity contribution < 1.29 is 23.8 Å². The summed E-state index contributed by atoms with van der Waals surface area (Å²) in [5, 5.41) is 12.5. The van der Waals surface area contributed by atoms with E-state index in [0.717, 1.165) is 22.2 Å². The lowest BCUT2D eigenvalue weighted by molar-refractivity contribution is -0.185. The quantitative estimate of drug-likeness (QED) is 0.243. The van der Waals surface area contributed by atoms with E-state index in [2.05, 4.69) is 40.6 Å². The number of rotatable bonds is 9. The number of nitrogens with zero attached hydrogens (tertiary/aromatic N) is 4. The van der Waals surface area contributed by atoms with Crippen LogP contribution >= 0.6 is 0 Å². The van der Waals surface area contributed by atoms with Crippen LogP contribution in [0.4, 0.5) is 4.79 Å². The van der Waals surface area contributed by atoms with Crippen molar-refractivity contribution in [1.82, 2.24) is 20.1 Å². The molecule has 9 heteroatoms. The summed E-state index contributed by atoms with van der Waals surface area (Å²) >= 11 is 0. The summed E-state index contributed by atoms with van der Waals surface area (Å²) in [6.07, 6.45) is 1.32. The first-order valence-corrected chi connectivity index (χ1v) is 13.6. The first-order valence-electron chi connectivity index (χ1n) is 13.6. The molecule has 2 heterocycles. The average Bonchev–Trinajstić information content (AvgIpc) is 3.39. The number of fused-ring (bicyclic) bond motifs is 1. The van der Waals surface area contributed by atoms with Gasteiger partial charge in [-0.3, -0.25) is 0 Å². The summed E-state index contributed by atoms with van der Waals surface area (Å²) in [5.74, 6) is 0. The molecule has 0 N–H and O–H groups in total. The molecule has 1 aliphatic heterocycles. The molecular formula is C31H36N4O5. The Morgan fingerprint density at radius 2 is 1.70 bits per heavy atom. The fourth-order valence-corrected chi connectivity index (χ4v) is 4.80. The van der Waals surface area contributed by atoms with Gasteiger partial charge in [0.05, 0.1) is 50.4 Å². The Bertz CT molecular complexity index is 1400. The second-order valence-corrected chi connectivity index (χ2v) is 11.0. The Kier molecular flexibility index (Phi) is 8.74. The number of piperidine rings is 1. The molecule has 3 aromatic carbocycles. The van der Waals surface area contributed by atoms with Crippen molar-refractivity contribution in [3.8, 4) is 0 Å². The number of hydrogen-bond acceptors (Lipinski definition) is 8. The topological polar surface area (TPSA) is 87.9 Å². The van der Waals surface area contributed by atoms with Crippen LogP contribution in [0.25, 0.3) is 10.8 Å². The van der Waals surface area contributed by atoms with Crippen molar-refractivity contribution >= 4 is 16.9 Å². The monoisotopic (exact) mass is 544 g/mol. The normalized spacial score (nSPS) is 18.1. The van der Waals surface area contributed by atoms with Crippen molar-refractivity contribution in [1.29, 1.82) is 0 Å². The summed E-state index contributed by atoms with van der Waals surface area (Å²) in [6, 6.07) is 24.5. The molecular weight excluding hydrogens is 508 g/mol. The Labute approximate surface area is 234 Å². The molecule has 2 atom stereocenters. The highest BCUT2D eigenvalue weighted by atomic mass is 16.8. The van der Waals surface area contributed by atoms with Gasteiger partial charge >= 0.3 is 6.16 Å². The van der Waals surface area contributed by atoms with Crippen LogP contribution in [0.5, 0.6) is 0 Å². The molecule has 1 aromatic heterocycles. The van der Waals surface area contributed by atoms with E-state index in [1.54, 1.807) is 11.3 Å². The number of carbonyl (C=O) groups excluding carboxylic acids is 1. The van der Waals surface area contributed by atoms with E-state index < -0.39 is 11.8 Å². The van der Waals surface area contributed by atoms with Gasteiger partial charge in [0.15, 0.2) is 0 Å². The summed E-state index contributed by atoms with van der Waals surface area (Å²) < 4.78 is 19.7. The predicted octanol–water partition coefficient (Wildman–Crippen LogP) is 5.85. The van der Waals surface area contributed by atoms with Crippen LogP contribution in [-0.4, -0.2) is 51.0 Å². The molecule has 210 valence electrons. The zero-order chi connectivity index (χ0) is 28.0. The lowest BCUT2D eigenvalue weighted by Gasteiger charge is -2.37. The van der Waals surface area contributed by atoms with Crippen molar-refractivity contribution in [3.63, 3.8) is 0 Å². The van der Waals surface area contributed by atoms with E-state index in [9.17, 15) is 4.79 Å². The zero-order valence-corrected chi connectivity index (χ0v) is 23.2. The molecule has 0 amide bonds. The number of carbonyl (C=O) groups is 1. The van der Waals surface area contributed by atoms with Crippen LogP contribution in [0, 0.1) is 0 Å². The lowest BCUT2D eigenvalue weighted by atomic mass is 10.0. The van der Waals surface area contributed by atoms with Gasteiger partial charge in [-0.2, -0.15) is 0 Å². The largest absolute Gasteiger partial charge is 0.528 e. The van der Waals surface area contributed by atoms with Gasteiger partial charge < -0.3 is 19.0 Å². The third-order valence-corrected chi connectivity index (χ3v) is 6.68. The molecule has 1 aliphatic rings.